The molecule has 0 fully saturated rings. The van der Waals surface area contributed by atoms with Crippen LogP contribution < -0.4 is 5.73 Å². The second-order valence-electron chi connectivity index (χ2n) is 4.69. The number of fused-ring (bicyclic) bond motifs is 1. The SMILES string of the molecule is N#Cc1nc2ccccc2cc1-c1ccc(Cl)cc1CN. The molecule has 0 saturated carbocycles. The molecule has 0 bridgehead atoms. The highest BCUT2D eigenvalue weighted by molar-refractivity contribution is 6.30. The Labute approximate surface area is 127 Å². The van der Waals surface area contributed by atoms with Gasteiger partial charge in [0.2, 0.25) is 0 Å². The minimum Gasteiger partial charge on any atom is -0.326 e. The lowest BCUT2D eigenvalue weighted by Gasteiger charge is -2.11. The van der Waals surface area contributed by atoms with Gasteiger partial charge in [-0.1, -0.05) is 35.9 Å². The van der Waals surface area contributed by atoms with Crippen LogP contribution in [0.4, 0.5) is 0 Å². The van der Waals surface area contributed by atoms with Crippen LogP contribution in [0.5, 0.6) is 0 Å². The van der Waals surface area contributed by atoms with Crippen molar-refractivity contribution < 1.29 is 0 Å². The molecule has 2 N–H and O–H groups in total. The van der Waals surface area contributed by atoms with Crippen LogP contribution in [0.3, 0.4) is 0 Å². The summed E-state index contributed by atoms with van der Waals surface area (Å²) < 4.78 is 0. The van der Waals surface area contributed by atoms with E-state index in [9.17, 15) is 5.26 Å². The third kappa shape index (κ3) is 2.47. The van der Waals surface area contributed by atoms with Crippen LogP contribution in [0.15, 0.2) is 48.5 Å². The molecule has 0 amide bonds. The first kappa shape index (κ1) is 13.6. The zero-order valence-electron chi connectivity index (χ0n) is 11.2. The number of nitrogens with two attached hydrogens (primary N) is 1. The Morgan fingerprint density at radius 3 is 2.67 bits per heavy atom. The summed E-state index contributed by atoms with van der Waals surface area (Å²) in [5.41, 5.74) is 9.58. The largest absolute Gasteiger partial charge is 0.326 e. The van der Waals surface area contributed by atoms with Crippen LogP contribution in [0.1, 0.15) is 11.3 Å². The van der Waals surface area contributed by atoms with E-state index in [4.69, 9.17) is 17.3 Å². The van der Waals surface area contributed by atoms with Gasteiger partial charge in [-0.3, -0.25) is 0 Å². The zero-order valence-corrected chi connectivity index (χ0v) is 11.9. The number of hydrogen-bond donors (Lipinski definition) is 1. The molecular formula is C17H12ClN3. The van der Waals surface area contributed by atoms with Gasteiger partial charge in [0.1, 0.15) is 11.8 Å². The third-order valence-electron chi connectivity index (χ3n) is 3.41. The molecular weight excluding hydrogens is 282 g/mol. The van der Waals surface area contributed by atoms with E-state index in [1.54, 1.807) is 6.07 Å². The van der Waals surface area contributed by atoms with Gasteiger partial charge in [-0.25, -0.2) is 4.98 Å². The van der Waals surface area contributed by atoms with Gasteiger partial charge < -0.3 is 5.73 Å². The lowest BCUT2D eigenvalue weighted by atomic mass is 9.97. The number of hydrogen-bond acceptors (Lipinski definition) is 3. The van der Waals surface area contributed by atoms with E-state index in [2.05, 4.69) is 11.1 Å². The minimum absolute atomic E-state index is 0.355. The summed E-state index contributed by atoms with van der Waals surface area (Å²) in [6.07, 6.45) is 0. The maximum atomic E-state index is 9.39. The summed E-state index contributed by atoms with van der Waals surface area (Å²) in [4.78, 5) is 4.43. The molecule has 4 heteroatoms. The summed E-state index contributed by atoms with van der Waals surface area (Å²) in [5, 5.41) is 11.0. The maximum absolute atomic E-state index is 9.39. The molecule has 0 aliphatic rings. The van der Waals surface area contributed by atoms with E-state index < -0.39 is 0 Å². The first-order valence-electron chi connectivity index (χ1n) is 6.51. The smallest absolute Gasteiger partial charge is 0.149 e. The molecule has 21 heavy (non-hydrogen) atoms. The van der Waals surface area contributed by atoms with Crippen molar-refractivity contribution in [2.75, 3.05) is 0 Å². The number of nitrogens with zero attached hydrogens (tertiary/aromatic N) is 2. The Morgan fingerprint density at radius 1 is 1.10 bits per heavy atom. The number of pyridine rings is 1. The predicted molar refractivity (Wildman–Crippen MR) is 84.8 cm³/mol. The molecule has 0 aliphatic heterocycles. The lowest BCUT2D eigenvalue weighted by Crippen LogP contribution is -2.00. The van der Waals surface area contributed by atoms with Crippen molar-refractivity contribution in [1.29, 1.82) is 5.26 Å². The number of aromatic nitrogens is 1. The van der Waals surface area contributed by atoms with Gasteiger partial charge in [0.25, 0.3) is 0 Å². The van der Waals surface area contributed by atoms with Crippen molar-refractivity contribution in [1.82, 2.24) is 4.98 Å². The summed E-state index contributed by atoms with van der Waals surface area (Å²) >= 11 is 6.02. The van der Waals surface area contributed by atoms with Gasteiger partial charge in [-0.15, -0.1) is 0 Å². The van der Waals surface area contributed by atoms with Crippen LogP contribution in [-0.4, -0.2) is 4.98 Å². The Morgan fingerprint density at radius 2 is 1.90 bits per heavy atom. The number of para-hydroxylation sites is 1. The van der Waals surface area contributed by atoms with Crippen LogP contribution >= 0.6 is 11.6 Å². The normalized spacial score (nSPS) is 10.5. The van der Waals surface area contributed by atoms with E-state index in [1.807, 2.05) is 42.5 Å². The fourth-order valence-corrected chi connectivity index (χ4v) is 2.60. The molecule has 0 atom stereocenters. The predicted octanol–water partition coefficient (Wildman–Crippen LogP) is 3.89. The van der Waals surface area contributed by atoms with E-state index >= 15 is 0 Å². The summed E-state index contributed by atoms with van der Waals surface area (Å²) in [5.74, 6) is 0. The molecule has 3 rings (SSSR count). The number of rotatable bonds is 2. The third-order valence-corrected chi connectivity index (χ3v) is 3.64. The molecule has 0 radical (unpaired) electrons. The van der Waals surface area contributed by atoms with Crippen molar-refractivity contribution in [3.05, 3.63) is 64.8 Å². The first-order chi connectivity index (χ1) is 10.2. The fraction of sp³-hybridized carbons (Fsp3) is 0.0588. The Balaban J connectivity index is 2.31. The van der Waals surface area contributed by atoms with E-state index in [0.29, 0.717) is 17.3 Å². The van der Waals surface area contributed by atoms with E-state index in [1.165, 1.54) is 0 Å². The topological polar surface area (TPSA) is 62.7 Å². The second-order valence-corrected chi connectivity index (χ2v) is 5.13. The molecule has 0 aliphatic carbocycles. The Bertz CT molecular complexity index is 866. The second kappa shape index (κ2) is 5.53. The molecule has 1 aromatic heterocycles. The van der Waals surface area contributed by atoms with Gasteiger partial charge in [0.15, 0.2) is 0 Å². The molecule has 3 aromatic rings. The lowest BCUT2D eigenvalue weighted by molar-refractivity contribution is 1.07. The van der Waals surface area contributed by atoms with Crippen molar-refractivity contribution in [2.24, 2.45) is 5.73 Å². The summed E-state index contributed by atoms with van der Waals surface area (Å²) in [6.45, 7) is 0.355. The maximum Gasteiger partial charge on any atom is 0.149 e. The highest BCUT2D eigenvalue weighted by atomic mass is 35.5. The fourth-order valence-electron chi connectivity index (χ4n) is 2.40. The molecule has 0 saturated heterocycles. The van der Waals surface area contributed by atoms with Crippen molar-refractivity contribution in [3.8, 4) is 17.2 Å². The molecule has 2 aromatic carbocycles. The van der Waals surface area contributed by atoms with Crippen LogP contribution in [0, 0.1) is 11.3 Å². The van der Waals surface area contributed by atoms with Gasteiger partial charge in [0, 0.05) is 22.5 Å². The Kier molecular flexibility index (Phi) is 3.57. The number of benzene rings is 2. The first-order valence-corrected chi connectivity index (χ1v) is 6.89. The molecule has 0 spiro atoms. The molecule has 0 unspecified atom stereocenters. The average Bonchev–Trinajstić information content (AvgIpc) is 2.53. The highest BCUT2D eigenvalue weighted by Crippen LogP contribution is 2.30. The van der Waals surface area contributed by atoms with Crippen molar-refractivity contribution >= 4 is 22.5 Å². The monoisotopic (exact) mass is 293 g/mol. The standard InChI is InChI=1S/C17H12ClN3/c18-13-5-6-14(12(7-13)9-19)15-8-11-3-1-2-4-16(11)21-17(15)10-20/h1-8H,9,19H2. The van der Waals surface area contributed by atoms with Gasteiger partial charge in [-0.05, 0) is 35.4 Å². The highest BCUT2D eigenvalue weighted by Gasteiger charge is 2.12. The number of halogens is 1. The number of nitriles is 1. The average molecular weight is 294 g/mol. The molecule has 1 heterocycles. The quantitative estimate of drug-likeness (QED) is 0.780. The van der Waals surface area contributed by atoms with E-state index in [-0.39, 0.29) is 0 Å². The minimum atomic E-state index is 0.355. The van der Waals surface area contributed by atoms with Crippen LogP contribution in [-0.2, 0) is 6.54 Å². The summed E-state index contributed by atoms with van der Waals surface area (Å²) in [7, 11) is 0. The van der Waals surface area contributed by atoms with Crippen LogP contribution in [0.25, 0.3) is 22.0 Å². The molecule has 3 nitrogen and oxygen atoms in total. The summed E-state index contributed by atoms with van der Waals surface area (Å²) in [6, 6.07) is 17.4. The van der Waals surface area contributed by atoms with Gasteiger partial charge >= 0.3 is 0 Å². The zero-order chi connectivity index (χ0) is 14.8. The Hall–Kier alpha value is -2.41. The molecule has 102 valence electrons. The van der Waals surface area contributed by atoms with Gasteiger partial charge in [0.05, 0.1) is 5.52 Å². The van der Waals surface area contributed by atoms with Crippen LogP contribution in [0.2, 0.25) is 5.02 Å². The van der Waals surface area contributed by atoms with Crippen molar-refractivity contribution in [3.63, 3.8) is 0 Å². The van der Waals surface area contributed by atoms with Crippen molar-refractivity contribution in [2.45, 2.75) is 6.54 Å². The van der Waals surface area contributed by atoms with E-state index in [0.717, 1.165) is 27.6 Å². The van der Waals surface area contributed by atoms with Gasteiger partial charge in [-0.2, -0.15) is 5.26 Å².